The lowest BCUT2D eigenvalue weighted by atomic mass is 9.84. The summed E-state index contributed by atoms with van der Waals surface area (Å²) in [7, 11) is 0. The number of carbonyl (C=O) groups is 1. The fourth-order valence-electron chi connectivity index (χ4n) is 3.71. The molecule has 12 heteroatoms. The van der Waals surface area contributed by atoms with Gasteiger partial charge in [0.2, 0.25) is 11.8 Å². The Kier molecular flexibility index (Phi) is 4.98. The summed E-state index contributed by atoms with van der Waals surface area (Å²) < 4.78 is 86.6. The topological polar surface area (TPSA) is 91.8 Å². The van der Waals surface area contributed by atoms with E-state index in [1.165, 1.54) is 12.1 Å². The van der Waals surface area contributed by atoms with E-state index in [0.29, 0.717) is 19.2 Å². The number of fused-ring (bicyclic) bond motifs is 3. The first kappa shape index (κ1) is 21.8. The third-order valence-corrected chi connectivity index (χ3v) is 5.42. The Morgan fingerprint density at radius 2 is 1.81 bits per heavy atom. The van der Waals surface area contributed by atoms with Crippen LogP contribution in [0.2, 0.25) is 0 Å². The molecule has 1 saturated carbocycles. The van der Waals surface area contributed by atoms with Crippen LogP contribution in [-0.2, 0) is 17.1 Å². The van der Waals surface area contributed by atoms with E-state index >= 15 is 0 Å². The van der Waals surface area contributed by atoms with Crippen molar-refractivity contribution in [2.24, 2.45) is 5.92 Å². The van der Waals surface area contributed by atoms with E-state index < -0.39 is 52.2 Å². The Bertz CT molecular complexity index is 1270. The smallest absolute Gasteiger partial charge is 0.426 e. The quantitative estimate of drug-likeness (QED) is 0.305. The van der Waals surface area contributed by atoms with Gasteiger partial charge in [0.1, 0.15) is 11.4 Å². The molecule has 2 aromatic heterocycles. The monoisotopic (exact) mass is 456 g/mol. The van der Waals surface area contributed by atoms with Gasteiger partial charge < -0.3 is 4.74 Å². The van der Waals surface area contributed by atoms with Crippen LogP contribution in [0.3, 0.4) is 0 Å². The molecule has 32 heavy (non-hydrogen) atoms. The van der Waals surface area contributed by atoms with E-state index in [9.17, 15) is 31.1 Å². The van der Waals surface area contributed by atoms with Crippen LogP contribution in [-0.4, -0.2) is 27.8 Å². The Morgan fingerprint density at radius 3 is 2.34 bits per heavy atom. The summed E-state index contributed by atoms with van der Waals surface area (Å²) in [6, 6.07) is 3.38. The average molecular weight is 456 g/mol. The standard InChI is InChI=1S/C20H14F6N4O2/c21-19(22,23)12-7-14(20(24,25)26)29-15-11(12)5-4-10-6-13(17(28)32-8-27)30(16(10)15)18(31)9-2-1-3-9/h4-9,27-28H,1-3H2. The van der Waals surface area contributed by atoms with Gasteiger partial charge in [0, 0.05) is 16.7 Å². The van der Waals surface area contributed by atoms with Gasteiger partial charge in [-0.25, -0.2) is 4.98 Å². The van der Waals surface area contributed by atoms with E-state index in [4.69, 9.17) is 15.6 Å². The molecule has 0 aliphatic heterocycles. The largest absolute Gasteiger partial charge is 0.433 e. The highest BCUT2D eigenvalue weighted by Gasteiger charge is 2.40. The van der Waals surface area contributed by atoms with E-state index in [2.05, 4.69) is 4.98 Å². The molecule has 2 N–H and O–H groups in total. The van der Waals surface area contributed by atoms with Crippen LogP contribution in [0, 0.1) is 16.7 Å². The molecule has 1 aromatic carbocycles. The Labute approximate surface area is 175 Å². The number of alkyl halides is 6. The Hall–Kier alpha value is -3.44. The molecule has 168 valence electrons. The lowest BCUT2D eigenvalue weighted by Gasteiger charge is -2.25. The summed E-state index contributed by atoms with van der Waals surface area (Å²) in [6.45, 7) is 0. The van der Waals surface area contributed by atoms with Crippen molar-refractivity contribution in [3.05, 3.63) is 41.2 Å². The number of hydrogen-bond acceptors (Lipinski definition) is 5. The van der Waals surface area contributed by atoms with Gasteiger partial charge in [-0.2, -0.15) is 26.3 Å². The maximum absolute atomic E-state index is 13.6. The van der Waals surface area contributed by atoms with Crippen molar-refractivity contribution < 1.29 is 35.9 Å². The van der Waals surface area contributed by atoms with Crippen LogP contribution >= 0.6 is 0 Å². The molecule has 3 aromatic rings. The van der Waals surface area contributed by atoms with E-state index in [1.54, 1.807) is 0 Å². The number of ether oxygens (including phenoxy) is 1. The molecular weight excluding hydrogens is 442 g/mol. The van der Waals surface area contributed by atoms with Crippen LogP contribution in [0.15, 0.2) is 24.3 Å². The van der Waals surface area contributed by atoms with Gasteiger partial charge in [-0.1, -0.05) is 18.6 Å². The number of halogens is 6. The molecule has 6 nitrogen and oxygen atoms in total. The second-order valence-electron chi connectivity index (χ2n) is 7.35. The molecule has 1 fully saturated rings. The van der Waals surface area contributed by atoms with E-state index in [-0.39, 0.29) is 22.7 Å². The predicted octanol–water partition coefficient (Wildman–Crippen LogP) is 5.62. The average Bonchev–Trinajstić information content (AvgIpc) is 3.04. The van der Waals surface area contributed by atoms with E-state index in [1.807, 2.05) is 0 Å². The minimum absolute atomic E-state index is 0.0592. The molecule has 0 spiro atoms. The van der Waals surface area contributed by atoms with Crippen LogP contribution in [0.1, 0.15) is 41.0 Å². The number of carbonyl (C=O) groups excluding carboxylic acids is 1. The molecule has 2 heterocycles. The van der Waals surface area contributed by atoms with Crippen molar-refractivity contribution in [3.8, 4) is 0 Å². The van der Waals surface area contributed by atoms with Gasteiger partial charge in [0.05, 0.1) is 16.6 Å². The number of hydrogen-bond donors (Lipinski definition) is 2. The van der Waals surface area contributed by atoms with E-state index in [0.717, 1.165) is 17.1 Å². The molecule has 0 bridgehead atoms. The first-order valence-electron chi connectivity index (χ1n) is 9.36. The molecule has 1 aliphatic carbocycles. The first-order chi connectivity index (χ1) is 14.9. The molecule has 1 aliphatic rings. The number of nitrogens with one attached hydrogen (secondary N) is 2. The second kappa shape index (κ2) is 7.31. The van der Waals surface area contributed by atoms with Crippen LogP contribution in [0.25, 0.3) is 21.8 Å². The maximum atomic E-state index is 13.6. The second-order valence-corrected chi connectivity index (χ2v) is 7.35. The molecule has 0 unspecified atom stereocenters. The molecule has 0 saturated heterocycles. The van der Waals surface area contributed by atoms with Gasteiger partial charge in [0.25, 0.3) is 0 Å². The summed E-state index contributed by atoms with van der Waals surface area (Å²) in [5.74, 6) is -1.74. The van der Waals surface area contributed by atoms with Crippen molar-refractivity contribution in [3.63, 3.8) is 0 Å². The van der Waals surface area contributed by atoms with Crippen molar-refractivity contribution in [2.75, 3.05) is 0 Å². The van der Waals surface area contributed by atoms with Crippen molar-refractivity contribution in [1.29, 1.82) is 10.8 Å². The highest BCUT2D eigenvalue weighted by atomic mass is 19.4. The highest BCUT2D eigenvalue weighted by Crippen LogP contribution is 2.41. The third-order valence-electron chi connectivity index (χ3n) is 5.42. The molecule has 0 radical (unpaired) electrons. The number of rotatable bonds is 3. The number of nitrogens with zero attached hydrogens (tertiary/aromatic N) is 2. The summed E-state index contributed by atoms with van der Waals surface area (Å²) in [6.07, 6.45) is -8.10. The van der Waals surface area contributed by atoms with Crippen LogP contribution < -0.4 is 0 Å². The summed E-state index contributed by atoms with van der Waals surface area (Å²) in [4.78, 5) is 16.6. The van der Waals surface area contributed by atoms with Crippen molar-refractivity contribution in [1.82, 2.24) is 9.55 Å². The van der Waals surface area contributed by atoms with Gasteiger partial charge in [-0.3, -0.25) is 20.2 Å². The van der Waals surface area contributed by atoms with Gasteiger partial charge >= 0.3 is 12.4 Å². The molecule has 0 amide bonds. The van der Waals surface area contributed by atoms with Crippen LogP contribution in [0.5, 0.6) is 0 Å². The van der Waals surface area contributed by atoms with Crippen molar-refractivity contribution >= 4 is 40.0 Å². The fraction of sp³-hybridized carbons (Fsp3) is 0.300. The number of benzene rings is 1. The zero-order chi connectivity index (χ0) is 23.4. The van der Waals surface area contributed by atoms with Gasteiger partial charge in [-0.05, 0) is 25.0 Å². The molecular formula is C20H14F6N4O2. The highest BCUT2D eigenvalue weighted by molar-refractivity contribution is 6.13. The number of aromatic nitrogens is 2. The SMILES string of the molecule is N=COC(=N)c1cc2ccc3c(C(F)(F)F)cc(C(F)(F)F)nc3c2n1C(=O)C1CCC1. The lowest BCUT2D eigenvalue weighted by molar-refractivity contribution is -0.144. The van der Waals surface area contributed by atoms with Crippen LogP contribution in [0.4, 0.5) is 26.3 Å². The number of pyridine rings is 1. The minimum Gasteiger partial charge on any atom is -0.426 e. The Morgan fingerprint density at radius 1 is 1.12 bits per heavy atom. The summed E-state index contributed by atoms with van der Waals surface area (Å²) in [5.41, 5.74) is -4.41. The maximum Gasteiger partial charge on any atom is 0.433 e. The zero-order valence-electron chi connectivity index (χ0n) is 16.1. The minimum atomic E-state index is -5.16. The Balaban J connectivity index is 2.15. The normalized spacial score (nSPS) is 15.1. The zero-order valence-corrected chi connectivity index (χ0v) is 16.1. The summed E-state index contributed by atoms with van der Waals surface area (Å²) in [5, 5.41) is 14.5. The predicted molar refractivity (Wildman–Crippen MR) is 102 cm³/mol. The molecule has 0 atom stereocenters. The van der Waals surface area contributed by atoms with Crippen molar-refractivity contribution in [2.45, 2.75) is 31.6 Å². The van der Waals surface area contributed by atoms with Gasteiger partial charge in [0.15, 0.2) is 6.40 Å². The third kappa shape index (κ3) is 3.49. The molecule has 4 rings (SSSR count). The van der Waals surface area contributed by atoms with Gasteiger partial charge in [-0.15, -0.1) is 0 Å². The summed E-state index contributed by atoms with van der Waals surface area (Å²) >= 11 is 0. The fourth-order valence-corrected chi connectivity index (χ4v) is 3.71. The first-order valence-corrected chi connectivity index (χ1v) is 9.36. The lowest BCUT2D eigenvalue weighted by Crippen LogP contribution is -2.29.